The number of hydrogen-bond acceptors (Lipinski definition) is 3. The van der Waals surface area contributed by atoms with Gasteiger partial charge in [-0.2, -0.15) is 4.31 Å². The first kappa shape index (κ1) is 16.5. The highest BCUT2D eigenvalue weighted by molar-refractivity contribution is 7.89. The third-order valence-corrected chi connectivity index (χ3v) is 6.26. The summed E-state index contributed by atoms with van der Waals surface area (Å²) in [6, 6.07) is 7.13. The number of rotatable bonds is 5. The Morgan fingerprint density at radius 2 is 1.90 bits per heavy atom. The van der Waals surface area contributed by atoms with Crippen molar-refractivity contribution in [3.63, 3.8) is 0 Å². The van der Waals surface area contributed by atoms with Crippen molar-refractivity contribution in [2.24, 2.45) is 5.92 Å². The maximum absolute atomic E-state index is 12.7. The molecule has 1 saturated heterocycles. The van der Waals surface area contributed by atoms with E-state index in [1.165, 1.54) is 0 Å². The minimum atomic E-state index is -3.39. The van der Waals surface area contributed by atoms with Gasteiger partial charge in [-0.05, 0) is 56.2 Å². The second-order valence-corrected chi connectivity index (χ2v) is 7.96. The molecule has 0 spiro atoms. The fraction of sp³-hybridized carbons (Fsp3) is 0.625. The number of benzene rings is 1. The van der Waals surface area contributed by atoms with Crippen molar-refractivity contribution in [3.8, 4) is 0 Å². The Hall–Kier alpha value is -0.910. The molecule has 1 fully saturated rings. The van der Waals surface area contributed by atoms with Crippen molar-refractivity contribution in [1.82, 2.24) is 4.31 Å². The molecule has 1 aliphatic heterocycles. The Morgan fingerprint density at radius 3 is 2.48 bits per heavy atom. The van der Waals surface area contributed by atoms with Crippen molar-refractivity contribution in [2.45, 2.75) is 50.5 Å². The van der Waals surface area contributed by atoms with Gasteiger partial charge in [-0.25, -0.2) is 8.42 Å². The zero-order chi connectivity index (χ0) is 15.5. The number of aliphatic hydroxyl groups excluding tert-OH is 1. The summed E-state index contributed by atoms with van der Waals surface area (Å²) in [5.41, 5.74) is 1.06. The van der Waals surface area contributed by atoms with Crippen molar-refractivity contribution >= 4 is 10.0 Å². The lowest BCUT2D eigenvalue weighted by molar-refractivity contribution is 0.220. The Morgan fingerprint density at radius 1 is 1.24 bits per heavy atom. The van der Waals surface area contributed by atoms with Crippen molar-refractivity contribution < 1.29 is 13.5 Å². The van der Waals surface area contributed by atoms with Crippen LogP contribution in [0.15, 0.2) is 29.2 Å². The molecule has 1 aromatic carbocycles. The Labute approximate surface area is 127 Å². The maximum atomic E-state index is 12.7. The van der Waals surface area contributed by atoms with Crippen LogP contribution in [0.3, 0.4) is 0 Å². The minimum Gasteiger partial charge on any atom is -0.396 e. The molecule has 2 rings (SSSR count). The van der Waals surface area contributed by atoms with E-state index in [9.17, 15) is 8.42 Å². The predicted molar refractivity (Wildman–Crippen MR) is 83.6 cm³/mol. The zero-order valence-electron chi connectivity index (χ0n) is 12.8. The Kier molecular flexibility index (Phi) is 5.41. The molecule has 1 N–H and O–H groups in total. The molecule has 0 amide bonds. The fourth-order valence-electron chi connectivity index (χ4n) is 2.99. The van der Waals surface area contributed by atoms with Gasteiger partial charge >= 0.3 is 0 Å². The monoisotopic (exact) mass is 311 g/mol. The molecule has 1 aromatic rings. The molecule has 0 aliphatic carbocycles. The first-order chi connectivity index (χ1) is 9.95. The summed E-state index contributed by atoms with van der Waals surface area (Å²) in [4.78, 5) is 0.372. The van der Waals surface area contributed by atoms with Gasteiger partial charge in [0.1, 0.15) is 0 Å². The van der Waals surface area contributed by atoms with Crippen LogP contribution in [-0.2, 0) is 16.4 Å². The molecule has 1 aliphatic rings. The highest BCUT2D eigenvalue weighted by atomic mass is 32.2. The topological polar surface area (TPSA) is 57.6 Å². The summed E-state index contributed by atoms with van der Waals surface area (Å²) in [5.74, 6) is 0.590. The number of piperidine rings is 1. The highest BCUT2D eigenvalue weighted by Crippen LogP contribution is 2.28. The maximum Gasteiger partial charge on any atom is 0.243 e. The molecule has 1 heterocycles. The van der Waals surface area contributed by atoms with Gasteiger partial charge in [0.25, 0.3) is 0 Å². The van der Waals surface area contributed by atoms with E-state index in [0.29, 0.717) is 23.8 Å². The number of nitrogens with zero attached hydrogens (tertiary/aromatic N) is 1. The van der Waals surface area contributed by atoms with Crippen LogP contribution in [0.4, 0.5) is 0 Å². The molecule has 118 valence electrons. The molecule has 0 radical (unpaired) electrons. The van der Waals surface area contributed by atoms with E-state index in [1.54, 1.807) is 16.4 Å². The van der Waals surface area contributed by atoms with Crippen LogP contribution >= 0.6 is 0 Å². The first-order valence-corrected chi connectivity index (χ1v) is 9.11. The van der Waals surface area contributed by atoms with Gasteiger partial charge in [-0.15, -0.1) is 0 Å². The van der Waals surface area contributed by atoms with E-state index in [2.05, 4.69) is 6.92 Å². The van der Waals surface area contributed by atoms with Crippen molar-refractivity contribution in [1.29, 1.82) is 0 Å². The van der Waals surface area contributed by atoms with Crippen LogP contribution in [0.2, 0.25) is 0 Å². The minimum absolute atomic E-state index is 0.0628. The summed E-state index contributed by atoms with van der Waals surface area (Å²) in [6.45, 7) is 4.93. The molecule has 4 nitrogen and oxygen atoms in total. The molecule has 2 atom stereocenters. The van der Waals surface area contributed by atoms with Crippen molar-refractivity contribution in [2.75, 3.05) is 13.2 Å². The lowest BCUT2D eigenvalue weighted by Gasteiger charge is -2.35. The van der Waals surface area contributed by atoms with E-state index >= 15 is 0 Å². The van der Waals surface area contributed by atoms with Gasteiger partial charge in [-0.3, -0.25) is 0 Å². The van der Waals surface area contributed by atoms with E-state index in [-0.39, 0.29) is 12.6 Å². The fourth-order valence-corrected chi connectivity index (χ4v) is 4.65. The summed E-state index contributed by atoms with van der Waals surface area (Å²) >= 11 is 0. The molecule has 0 aromatic heterocycles. The van der Waals surface area contributed by atoms with Gasteiger partial charge in [-0.1, -0.05) is 19.1 Å². The van der Waals surface area contributed by atoms with E-state index in [0.717, 1.165) is 24.8 Å². The van der Waals surface area contributed by atoms with Crippen molar-refractivity contribution in [3.05, 3.63) is 29.8 Å². The van der Waals surface area contributed by atoms with Crippen LogP contribution < -0.4 is 0 Å². The quantitative estimate of drug-likeness (QED) is 0.908. The summed E-state index contributed by atoms with van der Waals surface area (Å²) in [5, 5.41) is 8.83. The molecule has 21 heavy (non-hydrogen) atoms. The third kappa shape index (κ3) is 3.84. The lowest BCUT2D eigenvalue weighted by atomic mass is 9.95. The molecule has 0 bridgehead atoms. The third-order valence-electron chi connectivity index (χ3n) is 4.23. The first-order valence-electron chi connectivity index (χ1n) is 7.67. The molecular weight excluding hydrogens is 286 g/mol. The largest absolute Gasteiger partial charge is 0.396 e. The Balaban J connectivity index is 2.15. The lowest BCUT2D eigenvalue weighted by Crippen LogP contribution is -2.44. The zero-order valence-corrected chi connectivity index (χ0v) is 13.6. The summed E-state index contributed by atoms with van der Waals surface area (Å²) < 4.78 is 27.1. The number of hydrogen-bond donors (Lipinski definition) is 1. The normalized spacial score (nSPS) is 24.1. The van der Waals surface area contributed by atoms with Gasteiger partial charge in [0.15, 0.2) is 0 Å². The standard InChI is InChI=1S/C16H25NO3S/c1-13-9-10-17(14(2)12-13)21(19,20)16-7-5-15(6-8-16)4-3-11-18/h5-8,13-14,18H,3-4,9-12H2,1-2H3. The smallest absolute Gasteiger partial charge is 0.243 e. The molecule has 2 unspecified atom stereocenters. The van der Waals surface area contributed by atoms with Crippen LogP contribution in [-0.4, -0.2) is 37.0 Å². The van der Waals surface area contributed by atoms with Crippen LogP contribution in [0.5, 0.6) is 0 Å². The SMILES string of the molecule is CC1CCN(S(=O)(=O)c2ccc(CCCO)cc2)C(C)C1. The van der Waals surface area contributed by atoms with Gasteiger partial charge < -0.3 is 5.11 Å². The average Bonchev–Trinajstić information content (AvgIpc) is 2.45. The van der Waals surface area contributed by atoms with E-state index in [4.69, 9.17) is 5.11 Å². The summed E-state index contributed by atoms with van der Waals surface area (Å²) in [6.07, 6.45) is 3.33. The number of aryl methyl sites for hydroxylation is 1. The van der Waals surface area contributed by atoms with Gasteiger partial charge in [0.05, 0.1) is 4.90 Å². The molecular formula is C16H25NO3S. The second-order valence-electron chi connectivity index (χ2n) is 6.07. The Bertz CT molecular complexity index is 553. The second kappa shape index (κ2) is 6.90. The average molecular weight is 311 g/mol. The highest BCUT2D eigenvalue weighted by Gasteiger charge is 2.32. The number of aliphatic hydroxyl groups is 1. The van der Waals surface area contributed by atoms with Crippen LogP contribution in [0.25, 0.3) is 0 Å². The van der Waals surface area contributed by atoms with Crippen LogP contribution in [0, 0.1) is 5.92 Å². The molecule has 5 heteroatoms. The van der Waals surface area contributed by atoms with Gasteiger partial charge in [0.2, 0.25) is 10.0 Å². The predicted octanol–water partition coefficient (Wildman–Crippen LogP) is 2.42. The molecule has 0 saturated carbocycles. The van der Waals surface area contributed by atoms with E-state index < -0.39 is 10.0 Å². The van der Waals surface area contributed by atoms with E-state index in [1.807, 2.05) is 19.1 Å². The van der Waals surface area contributed by atoms with Crippen LogP contribution in [0.1, 0.15) is 38.7 Å². The number of sulfonamides is 1. The van der Waals surface area contributed by atoms with Gasteiger partial charge in [0, 0.05) is 19.2 Å². The summed E-state index contributed by atoms with van der Waals surface area (Å²) in [7, 11) is -3.39.